The third-order valence-electron chi connectivity index (χ3n) is 3.22. The zero-order valence-electron chi connectivity index (χ0n) is 12.4. The molecule has 21 heavy (non-hydrogen) atoms. The number of benzene rings is 1. The van der Waals surface area contributed by atoms with Crippen molar-refractivity contribution in [3.63, 3.8) is 0 Å². The molecule has 4 nitrogen and oxygen atoms in total. The highest BCUT2D eigenvalue weighted by molar-refractivity contribution is 6.30. The quantitative estimate of drug-likeness (QED) is 0.898. The van der Waals surface area contributed by atoms with Gasteiger partial charge in [0.15, 0.2) is 0 Å². The maximum absolute atomic E-state index is 10.1. The van der Waals surface area contributed by atoms with Crippen LogP contribution in [0.4, 0.5) is 0 Å². The summed E-state index contributed by atoms with van der Waals surface area (Å²) in [6.45, 7) is 6.69. The number of halogens is 2. The molecule has 1 fully saturated rings. The van der Waals surface area contributed by atoms with Crippen molar-refractivity contribution in [2.24, 2.45) is 0 Å². The van der Waals surface area contributed by atoms with Gasteiger partial charge in [0, 0.05) is 24.7 Å². The number of ether oxygens (including phenoxy) is 2. The maximum Gasteiger partial charge on any atom is 0.119 e. The minimum Gasteiger partial charge on any atom is -0.491 e. The Morgan fingerprint density at radius 3 is 2.43 bits per heavy atom. The second-order valence-corrected chi connectivity index (χ2v) is 5.83. The molecule has 0 radical (unpaired) electrons. The lowest BCUT2D eigenvalue weighted by Crippen LogP contribution is -2.48. The SMILES string of the molecule is CC1CN(CC(O)COc2ccc(Cl)cc2)CC(C)O1.Cl. The van der Waals surface area contributed by atoms with Crippen molar-refractivity contribution in [3.8, 4) is 5.75 Å². The molecule has 0 amide bonds. The van der Waals surface area contributed by atoms with Gasteiger partial charge in [-0.05, 0) is 38.1 Å². The molecule has 0 aromatic heterocycles. The third-order valence-corrected chi connectivity index (χ3v) is 3.47. The van der Waals surface area contributed by atoms with Crippen LogP contribution in [0.5, 0.6) is 5.75 Å². The minimum absolute atomic E-state index is 0. The summed E-state index contributed by atoms with van der Waals surface area (Å²) in [5.41, 5.74) is 0. The summed E-state index contributed by atoms with van der Waals surface area (Å²) in [7, 11) is 0. The van der Waals surface area contributed by atoms with Gasteiger partial charge in [0.25, 0.3) is 0 Å². The van der Waals surface area contributed by atoms with Crippen molar-refractivity contribution in [2.75, 3.05) is 26.2 Å². The molecule has 2 rings (SSSR count). The van der Waals surface area contributed by atoms with Gasteiger partial charge in [0.1, 0.15) is 18.5 Å². The van der Waals surface area contributed by atoms with E-state index in [9.17, 15) is 5.11 Å². The number of aliphatic hydroxyl groups is 1. The van der Waals surface area contributed by atoms with E-state index in [1.807, 2.05) is 0 Å². The second kappa shape index (κ2) is 8.81. The van der Waals surface area contributed by atoms with Crippen molar-refractivity contribution in [1.82, 2.24) is 4.90 Å². The summed E-state index contributed by atoms with van der Waals surface area (Å²) in [5, 5.41) is 10.7. The van der Waals surface area contributed by atoms with Gasteiger partial charge in [0.2, 0.25) is 0 Å². The average molecular weight is 336 g/mol. The lowest BCUT2D eigenvalue weighted by Gasteiger charge is -2.36. The van der Waals surface area contributed by atoms with Gasteiger partial charge < -0.3 is 14.6 Å². The topological polar surface area (TPSA) is 41.9 Å². The Bertz CT molecular complexity index is 406. The van der Waals surface area contributed by atoms with Gasteiger partial charge in [-0.25, -0.2) is 0 Å². The fraction of sp³-hybridized carbons (Fsp3) is 0.600. The molecule has 3 unspecified atom stereocenters. The lowest BCUT2D eigenvalue weighted by atomic mass is 10.2. The Labute approximate surface area is 137 Å². The summed E-state index contributed by atoms with van der Waals surface area (Å²) >= 11 is 5.81. The number of nitrogens with zero attached hydrogens (tertiary/aromatic N) is 1. The number of rotatable bonds is 5. The van der Waals surface area contributed by atoms with Crippen molar-refractivity contribution in [1.29, 1.82) is 0 Å². The molecule has 1 N–H and O–H groups in total. The summed E-state index contributed by atoms with van der Waals surface area (Å²) in [6, 6.07) is 7.14. The molecule has 0 saturated carbocycles. The van der Waals surface area contributed by atoms with E-state index in [-0.39, 0.29) is 31.2 Å². The van der Waals surface area contributed by atoms with Crippen LogP contribution in [0.15, 0.2) is 24.3 Å². The van der Waals surface area contributed by atoms with E-state index in [2.05, 4.69) is 18.7 Å². The van der Waals surface area contributed by atoms with Crippen LogP contribution in [0.2, 0.25) is 5.02 Å². The first-order chi connectivity index (χ1) is 9.52. The average Bonchev–Trinajstić information content (AvgIpc) is 2.37. The lowest BCUT2D eigenvalue weighted by molar-refractivity contribution is -0.0786. The Kier molecular flexibility index (Phi) is 7.77. The van der Waals surface area contributed by atoms with Crippen molar-refractivity contribution < 1.29 is 14.6 Å². The van der Waals surface area contributed by atoms with Crippen LogP contribution in [0.3, 0.4) is 0 Å². The van der Waals surface area contributed by atoms with Gasteiger partial charge in [-0.1, -0.05) is 11.6 Å². The van der Waals surface area contributed by atoms with Crippen LogP contribution in [0.1, 0.15) is 13.8 Å². The summed E-state index contributed by atoms with van der Waals surface area (Å²) in [6.07, 6.45) is -0.0885. The van der Waals surface area contributed by atoms with Gasteiger partial charge >= 0.3 is 0 Å². The van der Waals surface area contributed by atoms with E-state index < -0.39 is 6.10 Å². The smallest absolute Gasteiger partial charge is 0.119 e. The molecular weight excluding hydrogens is 313 g/mol. The predicted molar refractivity (Wildman–Crippen MR) is 86.7 cm³/mol. The molecular formula is C15H23Cl2NO3. The van der Waals surface area contributed by atoms with Gasteiger partial charge in [-0.15, -0.1) is 12.4 Å². The van der Waals surface area contributed by atoms with Crippen LogP contribution >= 0.6 is 24.0 Å². The molecule has 1 saturated heterocycles. The molecule has 1 aliphatic heterocycles. The van der Waals surface area contributed by atoms with Gasteiger partial charge in [-0.2, -0.15) is 0 Å². The standard InChI is InChI=1S/C15H22ClNO3.ClH/c1-11-7-17(8-12(2)20-11)9-14(18)10-19-15-5-3-13(16)4-6-15;/h3-6,11-12,14,18H,7-10H2,1-2H3;1H. The molecule has 0 bridgehead atoms. The fourth-order valence-corrected chi connectivity index (χ4v) is 2.63. The van der Waals surface area contributed by atoms with Crippen LogP contribution in [0, 0.1) is 0 Å². The fourth-order valence-electron chi connectivity index (χ4n) is 2.51. The van der Waals surface area contributed by atoms with Gasteiger partial charge in [-0.3, -0.25) is 4.90 Å². The third kappa shape index (κ3) is 6.41. The Balaban J connectivity index is 0.00000220. The summed E-state index contributed by atoms with van der Waals surface area (Å²) in [5.74, 6) is 0.720. The molecule has 1 aromatic carbocycles. The molecule has 3 atom stereocenters. The van der Waals surface area contributed by atoms with Crippen molar-refractivity contribution >= 4 is 24.0 Å². The zero-order valence-corrected chi connectivity index (χ0v) is 13.9. The van der Waals surface area contributed by atoms with Crippen LogP contribution < -0.4 is 4.74 Å². The number of hydrogen-bond acceptors (Lipinski definition) is 4. The van der Waals surface area contributed by atoms with E-state index in [4.69, 9.17) is 21.1 Å². The van der Waals surface area contributed by atoms with Crippen LogP contribution in [-0.4, -0.2) is 54.6 Å². The largest absolute Gasteiger partial charge is 0.491 e. The van der Waals surface area contributed by atoms with Crippen LogP contribution in [0.25, 0.3) is 0 Å². The van der Waals surface area contributed by atoms with E-state index in [0.29, 0.717) is 11.6 Å². The van der Waals surface area contributed by atoms with E-state index in [1.165, 1.54) is 0 Å². The number of β-amino-alcohol motifs (C(OH)–C–C–N with tert-alkyl or cyclic N) is 1. The monoisotopic (exact) mass is 335 g/mol. The summed E-state index contributed by atoms with van der Waals surface area (Å²) in [4.78, 5) is 2.22. The first-order valence-electron chi connectivity index (χ1n) is 6.97. The molecule has 120 valence electrons. The minimum atomic E-state index is -0.511. The number of aliphatic hydroxyl groups excluding tert-OH is 1. The first-order valence-corrected chi connectivity index (χ1v) is 7.35. The van der Waals surface area contributed by atoms with Crippen molar-refractivity contribution in [2.45, 2.75) is 32.2 Å². The highest BCUT2D eigenvalue weighted by atomic mass is 35.5. The highest BCUT2D eigenvalue weighted by Crippen LogP contribution is 2.16. The Morgan fingerprint density at radius 1 is 1.29 bits per heavy atom. The number of hydrogen-bond donors (Lipinski definition) is 1. The van der Waals surface area contributed by atoms with Crippen LogP contribution in [-0.2, 0) is 4.74 Å². The Morgan fingerprint density at radius 2 is 1.86 bits per heavy atom. The first kappa shape index (κ1) is 18.5. The predicted octanol–water partition coefficient (Wildman–Crippen LogP) is 2.61. The van der Waals surface area contributed by atoms with Crippen molar-refractivity contribution in [3.05, 3.63) is 29.3 Å². The Hall–Kier alpha value is -0.520. The molecule has 1 heterocycles. The zero-order chi connectivity index (χ0) is 14.5. The molecule has 1 aromatic rings. The van der Waals surface area contributed by atoms with Gasteiger partial charge in [0.05, 0.1) is 12.2 Å². The molecule has 0 spiro atoms. The highest BCUT2D eigenvalue weighted by Gasteiger charge is 2.23. The normalized spacial score (nSPS) is 24.2. The number of morpholine rings is 1. The maximum atomic E-state index is 10.1. The second-order valence-electron chi connectivity index (χ2n) is 5.39. The van der Waals surface area contributed by atoms with E-state index in [0.717, 1.165) is 18.8 Å². The molecule has 6 heteroatoms. The van der Waals surface area contributed by atoms with E-state index in [1.54, 1.807) is 24.3 Å². The summed E-state index contributed by atoms with van der Waals surface area (Å²) < 4.78 is 11.2. The molecule has 0 aliphatic carbocycles. The van der Waals surface area contributed by atoms with E-state index >= 15 is 0 Å². The molecule has 1 aliphatic rings.